The van der Waals surface area contributed by atoms with Gasteiger partial charge in [0.15, 0.2) is 0 Å². The van der Waals surface area contributed by atoms with Crippen LogP contribution in [0.25, 0.3) is 17.2 Å². The lowest BCUT2D eigenvalue weighted by Gasteiger charge is -2.27. The molecule has 1 aliphatic carbocycles. The molecular weight excluding hydrogens is 716 g/mol. The summed E-state index contributed by atoms with van der Waals surface area (Å²) in [6, 6.07) is 21.5. The number of ether oxygens (including phenoxy) is 6. The summed E-state index contributed by atoms with van der Waals surface area (Å²) >= 11 is 0. The molecule has 11 nitrogen and oxygen atoms in total. The van der Waals surface area contributed by atoms with E-state index in [1.54, 1.807) is 26.8 Å². The first-order valence-corrected chi connectivity index (χ1v) is 18.3. The van der Waals surface area contributed by atoms with Gasteiger partial charge in [0.05, 0.1) is 25.4 Å². The van der Waals surface area contributed by atoms with Crippen molar-refractivity contribution >= 4 is 35.9 Å². The van der Waals surface area contributed by atoms with Crippen molar-refractivity contribution in [1.29, 1.82) is 0 Å². The van der Waals surface area contributed by atoms with Gasteiger partial charge in [-0.3, -0.25) is 0 Å². The standard InChI is InChI=1S/C45H48O11/c1-29(2)42(47)52-27-33(28-53-43(48)30(3)4)25-26-51-37-16-12-35(13-17-37)34-10-7-32(8-11-34)9-24-41(46)54-38-20-22-40(23-21-38)56-45(50)36-14-18-39(19-15-36)55-44(49)31(5)6/h7-19,24,33,38,40H,1,3,5,20-23,25-28H2,2,4,6H3/b24-9+/t38-,40-. The molecule has 3 aromatic carbocycles. The maximum atomic E-state index is 12.6. The van der Waals surface area contributed by atoms with E-state index in [9.17, 15) is 24.0 Å². The van der Waals surface area contributed by atoms with Gasteiger partial charge >= 0.3 is 29.8 Å². The minimum atomic E-state index is -0.541. The molecule has 0 aromatic heterocycles. The summed E-state index contributed by atoms with van der Waals surface area (Å²) in [6.07, 6.45) is 5.33. The average molecular weight is 765 g/mol. The van der Waals surface area contributed by atoms with Gasteiger partial charge in [-0.1, -0.05) is 56.1 Å². The third-order valence-corrected chi connectivity index (χ3v) is 8.73. The zero-order valence-corrected chi connectivity index (χ0v) is 32.1. The Hall–Kier alpha value is -6.23. The number of esters is 5. The van der Waals surface area contributed by atoms with Gasteiger partial charge in [-0.2, -0.15) is 0 Å². The Balaban J connectivity index is 1.18. The van der Waals surface area contributed by atoms with Gasteiger partial charge in [-0.15, -0.1) is 0 Å². The van der Waals surface area contributed by atoms with Crippen molar-refractivity contribution in [3.05, 3.63) is 126 Å². The fourth-order valence-electron chi connectivity index (χ4n) is 5.43. The topological polar surface area (TPSA) is 141 Å². The second-order valence-electron chi connectivity index (χ2n) is 13.7. The molecule has 0 bridgehead atoms. The van der Waals surface area contributed by atoms with Crippen LogP contribution < -0.4 is 9.47 Å². The van der Waals surface area contributed by atoms with Crippen LogP contribution in [0, 0.1) is 5.92 Å². The van der Waals surface area contributed by atoms with E-state index in [1.807, 2.05) is 48.5 Å². The highest BCUT2D eigenvalue weighted by Crippen LogP contribution is 2.26. The molecule has 56 heavy (non-hydrogen) atoms. The number of rotatable bonds is 18. The van der Waals surface area contributed by atoms with Crippen LogP contribution in [0.3, 0.4) is 0 Å². The van der Waals surface area contributed by atoms with Gasteiger partial charge in [-0.05, 0) is 112 Å². The minimum Gasteiger partial charge on any atom is -0.494 e. The van der Waals surface area contributed by atoms with Crippen LogP contribution in [0.5, 0.6) is 11.5 Å². The molecule has 0 atom stereocenters. The Morgan fingerprint density at radius 2 is 1.12 bits per heavy atom. The second-order valence-corrected chi connectivity index (χ2v) is 13.7. The third-order valence-electron chi connectivity index (χ3n) is 8.73. The van der Waals surface area contributed by atoms with Crippen LogP contribution in [0.1, 0.15) is 68.8 Å². The summed E-state index contributed by atoms with van der Waals surface area (Å²) < 4.78 is 32.9. The van der Waals surface area contributed by atoms with Crippen LogP contribution in [0.2, 0.25) is 0 Å². The first-order chi connectivity index (χ1) is 26.8. The first kappa shape index (κ1) is 42.5. The second kappa shape index (κ2) is 21.0. The molecule has 1 saturated carbocycles. The number of hydrogen-bond donors (Lipinski definition) is 0. The van der Waals surface area contributed by atoms with Crippen LogP contribution in [-0.2, 0) is 38.1 Å². The largest absolute Gasteiger partial charge is 0.494 e. The number of carbonyl (C=O) groups excluding carboxylic acids is 5. The van der Waals surface area contributed by atoms with Crippen molar-refractivity contribution in [2.75, 3.05) is 19.8 Å². The van der Waals surface area contributed by atoms with Crippen LogP contribution in [0.4, 0.5) is 0 Å². The normalized spacial score (nSPS) is 15.0. The summed E-state index contributed by atoms with van der Waals surface area (Å²) in [6.45, 7) is 15.8. The Labute approximate surface area is 327 Å². The molecule has 0 aliphatic heterocycles. The van der Waals surface area contributed by atoms with Gasteiger partial charge in [0.1, 0.15) is 23.7 Å². The van der Waals surface area contributed by atoms with Gasteiger partial charge in [0.25, 0.3) is 0 Å². The van der Waals surface area contributed by atoms with Crippen LogP contribution >= 0.6 is 0 Å². The highest BCUT2D eigenvalue weighted by molar-refractivity contribution is 5.91. The maximum absolute atomic E-state index is 12.6. The molecule has 11 heteroatoms. The molecule has 294 valence electrons. The Bertz CT molecular complexity index is 1880. The molecule has 0 spiro atoms. The SMILES string of the molecule is C=C(C)C(=O)OCC(CCOc1ccc(-c2ccc(/C=C/C(=O)O[C@H]3CC[C@H](OC(=O)c4ccc(OC(=O)C(=C)C)cc4)CC3)cc2)cc1)COC(=O)C(=C)C. The van der Waals surface area contributed by atoms with Gasteiger partial charge < -0.3 is 28.4 Å². The Morgan fingerprint density at radius 3 is 1.64 bits per heavy atom. The fraction of sp³-hybridized carbons (Fsp3) is 0.311. The summed E-state index contributed by atoms with van der Waals surface area (Å²) in [5.74, 6) is -1.77. The molecule has 0 N–H and O–H groups in total. The lowest BCUT2D eigenvalue weighted by atomic mass is 9.95. The molecule has 0 saturated heterocycles. The lowest BCUT2D eigenvalue weighted by Crippen LogP contribution is -2.29. The molecule has 0 amide bonds. The third kappa shape index (κ3) is 13.9. The van der Waals surface area contributed by atoms with Crippen molar-refractivity contribution in [3.8, 4) is 22.6 Å². The first-order valence-electron chi connectivity index (χ1n) is 18.3. The van der Waals surface area contributed by atoms with Crippen LogP contribution in [-0.4, -0.2) is 61.9 Å². The summed E-state index contributed by atoms with van der Waals surface area (Å²) in [7, 11) is 0. The van der Waals surface area contributed by atoms with E-state index < -0.39 is 29.8 Å². The predicted octanol–water partition coefficient (Wildman–Crippen LogP) is 8.18. The number of carbonyl (C=O) groups is 5. The Morgan fingerprint density at radius 1 is 0.643 bits per heavy atom. The highest BCUT2D eigenvalue weighted by atomic mass is 16.6. The van der Waals surface area contributed by atoms with E-state index in [2.05, 4.69) is 19.7 Å². The molecule has 3 aromatic rings. The average Bonchev–Trinajstić information content (AvgIpc) is 3.19. The number of benzene rings is 3. The van der Waals surface area contributed by atoms with E-state index >= 15 is 0 Å². The predicted molar refractivity (Wildman–Crippen MR) is 211 cm³/mol. The smallest absolute Gasteiger partial charge is 0.338 e. The van der Waals surface area contributed by atoms with E-state index in [0.717, 1.165) is 16.7 Å². The lowest BCUT2D eigenvalue weighted by molar-refractivity contribution is -0.146. The molecule has 0 unspecified atom stereocenters. The highest BCUT2D eigenvalue weighted by Gasteiger charge is 2.26. The molecule has 1 fully saturated rings. The molecule has 0 heterocycles. The van der Waals surface area contributed by atoms with Crippen molar-refractivity contribution < 1.29 is 52.4 Å². The monoisotopic (exact) mass is 764 g/mol. The zero-order valence-electron chi connectivity index (χ0n) is 32.1. The van der Waals surface area contributed by atoms with Crippen LogP contribution in [0.15, 0.2) is 115 Å². The van der Waals surface area contributed by atoms with Crippen molar-refractivity contribution in [1.82, 2.24) is 0 Å². The van der Waals surface area contributed by atoms with Crippen molar-refractivity contribution in [3.63, 3.8) is 0 Å². The summed E-state index contributed by atoms with van der Waals surface area (Å²) in [5.41, 5.74) is 3.98. The molecule has 1 aliphatic rings. The fourth-order valence-corrected chi connectivity index (χ4v) is 5.43. The molecular formula is C45H48O11. The van der Waals surface area contributed by atoms with Gasteiger partial charge in [0, 0.05) is 28.7 Å². The van der Waals surface area contributed by atoms with Gasteiger partial charge in [-0.25, -0.2) is 24.0 Å². The molecule has 4 rings (SSSR count). The quantitative estimate of drug-likeness (QED) is 0.0536. The summed E-state index contributed by atoms with van der Waals surface area (Å²) in [5, 5.41) is 0. The van der Waals surface area contributed by atoms with E-state index in [0.29, 0.717) is 55.8 Å². The van der Waals surface area contributed by atoms with E-state index in [1.165, 1.54) is 30.3 Å². The number of hydrogen-bond acceptors (Lipinski definition) is 11. The van der Waals surface area contributed by atoms with Crippen molar-refractivity contribution in [2.24, 2.45) is 5.92 Å². The van der Waals surface area contributed by atoms with Crippen molar-refractivity contribution in [2.45, 2.75) is 65.1 Å². The van der Waals surface area contributed by atoms with Gasteiger partial charge in [0.2, 0.25) is 0 Å². The Kier molecular flexibility index (Phi) is 16.0. The van der Waals surface area contributed by atoms with E-state index in [-0.39, 0.29) is 48.1 Å². The maximum Gasteiger partial charge on any atom is 0.338 e. The summed E-state index contributed by atoms with van der Waals surface area (Å²) in [4.78, 5) is 60.6. The minimum absolute atomic E-state index is 0.0593. The zero-order chi connectivity index (χ0) is 40.6. The molecule has 0 radical (unpaired) electrons. The van der Waals surface area contributed by atoms with E-state index in [4.69, 9.17) is 28.4 Å².